The highest BCUT2D eigenvalue weighted by molar-refractivity contribution is 4.85. The molecular formula is C10H22N2. The third-order valence-corrected chi connectivity index (χ3v) is 3.24. The Morgan fingerprint density at radius 2 is 2.17 bits per heavy atom. The minimum atomic E-state index is 0.646. The van der Waals surface area contributed by atoms with Crippen LogP contribution in [0.3, 0.4) is 0 Å². The summed E-state index contributed by atoms with van der Waals surface area (Å²) in [4.78, 5) is 2.61. The maximum atomic E-state index is 3.50. The van der Waals surface area contributed by atoms with Crippen molar-refractivity contribution in [3.05, 3.63) is 0 Å². The summed E-state index contributed by atoms with van der Waals surface area (Å²) in [5.74, 6) is 0. The zero-order valence-electron chi connectivity index (χ0n) is 8.80. The standard InChI is InChI=1S/C10H22N2/c1-5-8(2)12-7-6-11-9(3)10(12)4/h8-11H,5-7H2,1-4H3. The number of rotatable bonds is 2. The lowest BCUT2D eigenvalue weighted by molar-refractivity contribution is 0.0947. The molecule has 0 spiro atoms. The highest BCUT2D eigenvalue weighted by Crippen LogP contribution is 2.14. The topological polar surface area (TPSA) is 15.3 Å². The summed E-state index contributed by atoms with van der Waals surface area (Å²) in [6.45, 7) is 11.6. The van der Waals surface area contributed by atoms with Gasteiger partial charge < -0.3 is 5.32 Å². The van der Waals surface area contributed by atoms with Gasteiger partial charge in [0, 0.05) is 31.2 Å². The molecule has 0 radical (unpaired) electrons. The normalized spacial score (nSPS) is 35.0. The summed E-state index contributed by atoms with van der Waals surface area (Å²) in [5.41, 5.74) is 0. The lowest BCUT2D eigenvalue weighted by Crippen LogP contribution is -2.57. The van der Waals surface area contributed by atoms with Gasteiger partial charge in [-0.3, -0.25) is 4.90 Å². The van der Waals surface area contributed by atoms with Crippen molar-refractivity contribution in [2.45, 2.75) is 52.2 Å². The third-order valence-electron chi connectivity index (χ3n) is 3.24. The van der Waals surface area contributed by atoms with Crippen molar-refractivity contribution in [3.63, 3.8) is 0 Å². The van der Waals surface area contributed by atoms with Crippen molar-refractivity contribution in [1.29, 1.82) is 0 Å². The van der Waals surface area contributed by atoms with E-state index in [0.717, 1.165) is 12.6 Å². The van der Waals surface area contributed by atoms with Crippen LogP contribution in [0, 0.1) is 0 Å². The Kier molecular flexibility index (Phi) is 3.53. The molecule has 2 nitrogen and oxygen atoms in total. The quantitative estimate of drug-likeness (QED) is 0.675. The second-order valence-corrected chi connectivity index (χ2v) is 3.98. The predicted molar refractivity (Wildman–Crippen MR) is 53.4 cm³/mol. The Hall–Kier alpha value is -0.0800. The average Bonchev–Trinajstić information content (AvgIpc) is 2.08. The summed E-state index contributed by atoms with van der Waals surface area (Å²) in [5, 5.41) is 3.50. The SMILES string of the molecule is CCC(C)N1CCNC(C)C1C. The first kappa shape index (κ1) is 10.0. The molecule has 1 saturated heterocycles. The second kappa shape index (κ2) is 4.24. The van der Waals surface area contributed by atoms with Gasteiger partial charge >= 0.3 is 0 Å². The van der Waals surface area contributed by atoms with E-state index >= 15 is 0 Å². The van der Waals surface area contributed by atoms with Gasteiger partial charge in [-0.1, -0.05) is 6.92 Å². The third kappa shape index (κ3) is 1.99. The summed E-state index contributed by atoms with van der Waals surface area (Å²) in [6.07, 6.45) is 1.26. The van der Waals surface area contributed by atoms with Gasteiger partial charge in [-0.05, 0) is 27.2 Å². The first-order chi connectivity index (χ1) is 5.66. The highest BCUT2D eigenvalue weighted by Gasteiger charge is 2.26. The van der Waals surface area contributed by atoms with Crippen LogP contribution in [0.4, 0.5) is 0 Å². The molecule has 1 rings (SSSR count). The first-order valence-corrected chi connectivity index (χ1v) is 5.16. The molecule has 0 saturated carbocycles. The van der Waals surface area contributed by atoms with Crippen molar-refractivity contribution in [3.8, 4) is 0 Å². The molecule has 1 aliphatic heterocycles. The molecular weight excluding hydrogens is 148 g/mol. The zero-order chi connectivity index (χ0) is 9.14. The van der Waals surface area contributed by atoms with Gasteiger partial charge in [0.15, 0.2) is 0 Å². The monoisotopic (exact) mass is 170 g/mol. The maximum absolute atomic E-state index is 3.50. The average molecular weight is 170 g/mol. The fourth-order valence-corrected chi connectivity index (χ4v) is 1.94. The van der Waals surface area contributed by atoms with Crippen LogP contribution < -0.4 is 5.32 Å². The van der Waals surface area contributed by atoms with Crippen molar-refractivity contribution < 1.29 is 0 Å². The Balaban J connectivity index is 2.51. The van der Waals surface area contributed by atoms with Gasteiger partial charge in [0.05, 0.1) is 0 Å². The van der Waals surface area contributed by atoms with Gasteiger partial charge in [0.2, 0.25) is 0 Å². The van der Waals surface area contributed by atoms with Crippen molar-refractivity contribution >= 4 is 0 Å². The maximum Gasteiger partial charge on any atom is 0.0221 e. The van der Waals surface area contributed by atoms with Gasteiger partial charge in [-0.2, -0.15) is 0 Å². The fourth-order valence-electron chi connectivity index (χ4n) is 1.94. The van der Waals surface area contributed by atoms with E-state index in [0.29, 0.717) is 12.1 Å². The number of piperazine rings is 1. The molecule has 1 fully saturated rings. The fraction of sp³-hybridized carbons (Fsp3) is 1.00. The van der Waals surface area contributed by atoms with Crippen LogP contribution in [0.15, 0.2) is 0 Å². The number of hydrogen-bond donors (Lipinski definition) is 1. The summed E-state index contributed by atoms with van der Waals surface area (Å²) in [6, 6.07) is 2.07. The lowest BCUT2D eigenvalue weighted by atomic mass is 10.0. The number of hydrogen-bond acceptors (Lipinski definition) is 2. The van der Waals surface area contributed by atoms with Crippen molar-refractivity contribution in [1.82, 2.24) is 10.2 Å². The Bertz CT molecular complexity index is 136. The van der Waals surface area contributed by atoms with Crippen LogP contribution in [0.2, 0.25) is 0 Å². The molecule has 0 aromatic carbocycles. The van der Waals surface area contributed by atoms with E-state index in [1.54, 1.807) is 0 Å². The molecule has 0 aliphatic carbocycles. The molecule has 1 N–H and O–H groups in total. The molecule has 0 aromatic rings. The van der Waals surface area contributed by atoms with Crippen molar-refractivity contribution in [2.75, 3.05) is 13.1 Å². The Labute approximate surface area is 76.3 Å². The Morgan fingerprint density at radius 3 is 2.75 bits per heavy atom. The highest BCUT2D eigenvalue weighted by atomic mass is 15.2. The van der Waals surface area contributed by atoms with E-state index in [2.05, 4.69) is 37.9 Å². The predicted octanol–water partition coefficient (Wildman–Crippen LogP) is 1.47. The molecule has 3 atom stereocenters. The Morgan fingerprint density at radius 1 is 1.50 bits per heavy atom. The van der Waals surface area contributed by atoms with Gasteiger partial charge in [0.1, 0.15) is 0 Å². The van der Waals surface area contributed by atoms with Crippen LogP contribution in [0.5, 0.6) is 0 Å². The van der Waals surface area contributed by atoms with E-state index in [1.807, 2.05) is 0 Å². The molecule has 2 heteroatoms. The van der Waals surface area contributed by atoms with Gasteiger partial charge in [-0.15, -0.1) is 0 Å². The molecule has 72 valence electrons. The minimum Gasteiger partial charge on any atom is -0.311 e. The number of nitrogens with one attached hydrogen (secondary N) is 1. The minimum absolute atomic E-state index is 0.646. The molecule has 3 unspecified atom stereocenters. The van der Waals surface area contributed by atoms with Crippen LogP contribution in [-0.2, 0) is 0 Å². The van der Waals surface area contributed by atoms with Crippen LogP contribution >= 0.6 is 0 Å². The summed E-state index contributed by atoms with van der Waals surface area (Å²) >= 11 is 0. The summed E-state index contributed by atoms with van der Waals surface area (Å²) < 4.78 is 0. The van der Waals surface area contributed by atoms with E-state index < -0.39 is 0 Å². The largest absolute Gasteiger partial charge is 0.311 e. The molecule has 0 amide bonds. The van der Waals surface area contributed by atoms with Crippen LogP contribution in [-0.4, -0.2) is 36.1 Å². The number of nitrogens with zero attached hydrogens (tertiary/aromatic N) is 1. The molecule has 0 bridgehead atoms. The lowest BCUT2D eigenvalue weighted by Gasteiger charge is -2.42. The summed E-state index contributed by atoms with van der Waals surface area (Å²) in [7, 11) is 0. The second-order valence-electron chi connectivity index (χ2n) is 3.98. The first-order valence-electron chi connectivity index (χ1n) is 5.16. The van der Waals surface area contributed by atoms with E-state index in [1.165, 1.54) is 13.0 Å². The zero-order valence-corrected chi connectivity index (χ0v) is 8.80. The molecule has 1 heterocycles. The molecule has 12 heavy (non-hydrogen) atoms. The van der Waals surface area contributed by atoms with Crippen LogP contribution in [0.1, 0.15) is 34.1 Å². The van der Waals surface area contributed by atoms with E-state index in [9.17, 15) is 0 Å². The van der Waals surface area contributed by atoms with Gasteiger partial charge in [0.25, 0.3) is 0 Å². The van der Waals surface area contributed by atoms with E-state index in [-0.39, 0.29) is 0 Å². The van der Waals surface area contributed by atoms with Gasteiger partial charge in [-0.25, -0.2) is 0 Å². The molecule has 1 aliphatic rings. The van der Waals surface area contributed by atoms with Crippen molar-refractivity contribution in [2.24, 2.45) is 0 Å². The van der Waals surface area contributed by atoms with E-state index in [4.69, 9.17) is 0 Å². The smallest absolute Gasteiger partial charge is 0.0221 e. The van der Waals surface area contributed by atoms with Crippen LogP contribution in [0.25, 0.3) is 0 Å². The molecule has 0 aromatic heterocycles.